The molecule has 2 rings (SSSR count). The number of aromatic nitrogens is 2. The number of carbonyl (C=O) groups is 1. The third-order valence-corrected chi connectivity index (χ3v) is 2.81. The maximum absolute atomic E-state index is 12.0. The number of halogens is 1. The van der Waals surface area contributed by atoms with Crippen molar-refractivity contribution in [2.45, 2.75) is 6.54 Å². The molecule has 0 saturated heterocycles. The number of nitrogens with zero attached hydrogens (tertiary/aromatic N) is 3. The lowest BCUT2D eigenvalue weighted by molar-refractivity contribution is -0.384. The summed E-state index contributed by atoms with van der Waals surface area (Å²) in [5.41, 5.74) is 0.478. The minimum atomic E-state index is -0.586. The Labute approximate surface area is 118 Å². The second kappa shape index (κ2) is 6.07. The van der Waals surface area contributed by atoms with Gasteiger partial charge in [0, 0.05) is 18.3 Å². The number of nitrogens with one attached hydrogen (secondary N) is 1. The number of hydrogen-bond donors (Lipinski definition) is 1. The van der Waals surface area contributed by atoms with E-state index in [1.807, 2.05) is 0 Å². The van der Waals surface area contributed by atoms with Crippen LogP contribution < -0.4 is 5.32 Å². The van der Waals surface area contributed by atoms with Crippen molar-refractivity contribution in [2.75, 3.05) is 0 Å². The Kier molecular flexibility index (Phi) is 4.21. The zero-order valence-corrected chi connectivity index (χ0v) is 10.9. The predicted molar refractivity (Wildman–Crippen MR) is 71.3 cm³/mol. The summed E-state index contributed by atoms with van der Waals surface area (Å²) < 4.78 is 0. The van der Waals surface area contributed by atoms with Crippen molar-refractivity contribution in [2.24, 2.45) is 0 Å². The van der Waals surface area contributed by atoms with E-state index in [4.69, 9.17) is 11.6 Å². The van der Waals surface area contributed by atoms with Crippen molar-refractivity contribution in [3.8, 4) is 0 Å². The first kappa shape index (κ1) is 13.9. The fraction of sp³-hybridized carbons (Fsp3) is 0.0833. The lowest BCUT2D eigenvalue weighted by Gasteiger charge is -2.06. The zero-order valence-electron chi connectivity index (χ0n) is 10.1. The van der Waals surface area contributed by atoms with Crippen LogP contribution in [-0.4, -0.2) is 20.8 Å². The largest absolute Gasteiger partial charge is 0.346 e. The molecule has 0 atom stereocenters. The Hall–Kier alpha value is -2.54. The molecule has 0 aliphatic heterocycles. The zero-order chi connectivity index (χ0) is 14.5. The SMILES string of the molecule is O=C(NCc1ccncn1)c1cc([N+](=O)[O-])ccc1Cl. The Balaban J connectivity index is 2.13. The van der Waals surface area contributed by atoms with E-state index in [-0.39, 0.29) is 22.8 Å². The molecular formula is C12H9ClN4O3. The summed E-state index contributed by atoms with van der Waals surface area (Å²) in [4.78, 5) is 29.7. The average molecular weight is 293 g/mol. The molecule has 0 saturated carbocycles. The van der Waals surface area contributed by atoms with E-state index in [1.54, 1.807) is 12.3 Å². The van der Waals surface area contributed by atoms with Gasteiger partial charge in [-0.2, -0.15) is 0 Å². The minimum Gasteiger partial charge on any atom is -0.346 e. The lowest BCUT2D eigenvalue weighted by atomic mass is 10.2. The van der Waals surface area contributed by atoms with Crippen LogP contribution in [0.5, 0.6) is 0 Å². The van der Waals surface area contributed by atoms with Gasteiger partial charge in [0.05, 0.1) is 27.7 Å². The van der Waals surface area contributed by atoms with Crippen LogP contribution in [0.4, 0.5) is 5.69 Å². The monoisotopic (exact) mass is 292 g/mol. The highest BCUT2D eigenvalue weighted by Crippen LogP contribution is 2.21. The van der Waals surface area contributed by atoms with Crippen molar-refractivity contribution in [1.29, 1.82) is 0 Å². The third kappa shape index (κ3) is 3.27. The molecule has 1 aromatic carbocycles. The van der Waals surface area contributed by atoms with E-state index in [9.17, 15) is 14.9 Å². The highest BCUT2D eigenvalue weighted by molar-refractivity contribution is 6.33. The Morgan fingerprint density at radius 3 is 2.85 bits per heavy atom. The number of benzene rings is 1. The first-order chi connectivity index (χ1) is 9.58. The van der Waals surface area contributed by atoms with Gasteiger partial charge in [0.15, 0.2) is 0 Å². The highest BCUT2D eigenvalue weighted by Gasteiger charge is 2.15. The van der Waals surface area contributed by atoms with E-state index in [1.165, 1.54) is 18.5 Å². The smallest absolute Gasteiger partial charge is 0.270 e. The first-order valence-electron chi connectivity index (χ1n) is 5.55. The molecule has 0 spiro atoms. The molecule has 0 bridgehead atoms. The number of amides is 1. The molecular weight excluding hydrogens is 284 g/mol. The molecule has 1 amide bonds. The summed E-state index contributed by atoms with van der Waals surface area (Å²) in [6, 6.07) is 5.34. The molecule has 2 aromatic rings. The molecule has 0 aliphatic carbocycles. The summed E-state index contributed by atoms with van der Waals surface area (Å²) in [6.07, 6.45) is 2.91. The van der Waals surface area contributed by atoms with Crippen LogP contribution in [0.3, 0.4) is 0 Å². The summed E-state index contributed by atoms with van der Waals surface area (Å²) >= 11 is 5.87. The first-order valence-corrected chi connectivity index (χ1v) is 5.93. The quantitative estimate of drug-likeness (QED) is 0.686. The summed E-state index contributed by atoms with van der Waals surface area (Å²) in [6.45, 7) is 0.181. The second-order valence-electron chi connectivity index (χ2n) is 3.80. The van der Waals surface area contributed by atoms with Gasteiger partial charge in [-0.3, -0.25) is 14.9 Å². The van der Waals surface area contributed by atoms with Crippen LogP contribution in [0.25, 0.3) is 0 Å². The van der Waals surface area contributed by atoms with Gasteiger partial charge in [0.1, 0.15) is 6.33 Å². The molecule has 1 heterocycles. The van der Waals surface area contributed by atoms with Gasteiger partial charge in [-0.1, -0.05) is 11.6 Å². The Morgan fingerprint density at radius 2 is 2.20 bits per heavy atom. The van der Waals surface area contributed by atoms with E-state index < -0.39 is 10.8 Å². The Morgan fingerprint density at radius 1 is 1.40 bits per heavy atom. The van der Waals surface area contributed by atoms with Crippen molar-refractivity contribution >= 4 is 23.2 Å². The molecule has 102 valence electrons. The topological polar surface area (TPSA) is 98.0 Å². The number of hydrogen-bond acceptors (Lipinski definition) is 5. The summed E-state index contributed by atoms with van der Waals surface area (Å²) in [7, 11) is 0. The van der Waals surface area contributed by atoms with Crippen LogP contribution in [0.1, 0.15) is 16.1 Å². The molecule has 7 nitrogen and oxygen atoms in total. The number of carbonyl (C=O) groups excluding carboxylic acids is 1. The van der Waals surface area contributed by atoms with Crippen LogP contribution in [0.15, 0.2) is 36.8 Å². The van der Waals surface area contributed by atoms with Gasteiger partial charge in [-0.15, -0.1) is 0 Å². The minimum absolute atomic E-state index is 0.0509. The summed E-state index contributed by atoms with van der Waals surface area (Å²) in [5, 5.41) is 13.4. The van der Waals surface area contributed by atoms with Crippen molar-refractivity contribution in [1.82, 2.24) is 15.3 Å². The number of rotatable bonds is 4. The standard InChI is InChI=1S/C12H9ClN4O3/c13-11-2-1-9(17(19)20)5-10(11)12(18)15-6-8-3-4-14-7-16-8/h1-5,7H,6H2,(H,15,18). The molecule has 0 unspecified atom stereocenters. The molecule has 0 fully saturated rings. The van der Waals surface area contributed by atoms with Crippen LogP contribution in [0.2, 0.25) is 5.02 Å². The summed E-state index contributed by atoms with van der Waals surface area (Å²) in [5.74, 6) is -0.502. The number of non-ortho nitro benzene ring substituents is 1. The van der Waals surface area contributed by atoms with Crippen LogP contribution >= 0.6 is 11.6 Å². The van der Waals surface area contributed by atoms with Crippen molar-refractivity contribution in [3.05, 3.63) is 63.2 Å². The average Bonchev–Trinajstić information content (AvgIpc) is 2.46. The third-order valence-electron chi connectivity index (χ3n) is 2.48. The van der Waals surface area contributed by atoms with Crippen LogP contribution in [0, 0.1) is 10.1 Å². The van der Waals surface area contributed by atoms with Crippen molar-refractivity contribution < 1.29 is 9.72 Å². The van der Waals surface area contributed by atoms with E-state index in [2.05, 4.69) is 15.3 Å². The normalized spacial score (nSPS) is 10.1. The number of nitro benzene ring substituents is 1. The van der Waals surface area contributed by atoms with E-state index in [0.717, 1.165) is 6.07 Å². The van der Waals surface area contributed by atoms with Gasteiger partial charge in [0.25, 0.3) is 11.6 Å². The molecule has 20 heavy (non-hydrogen) atoms. The molecule has 1 N–H and O–H groups in total. The lowest BCUT2D eigenvalue weighted by Crippen LogP contribution is -2.23. The van der Waals surface area contributed by atoms with Gasteiger partial charge >= 0.3 is 0 Å². The molecule has 0 aliphatic rings. The maximum Gasteiger partial charge on any atom is 0.270 e. The van der Waals surface area contributed by atoms with E-state index in [0.29, 0.717) is 5.69 Å². The van der Waals surface area contributed by atoms with Gasteiger partial charge in [0.2, 0.25) is 0 Å². The van der Waals surface area contributed by atoms with Gasteiger partial charge in [-0.05, 0) is 12.1 Å². The Bertz CT molecular complexity index is 648. The predicted octanol–water partition coefficient (Wildman–Crippen LogP) is 1.97. The van der Waals surface area contributed by atoms with Gasteiger partial charge < -0.3 is 5.32 Å². The van der Waals surface area contributed by atoms with E-state index >= 15 is 0 Å². The van der Waals surface area contributed by atoms with Crippen LogP contribution in [-0.2, 0) is 6.54 Å². The van der Waals surface area contributed by atoms with Crippen molar-refractivity contribution in [3.63, 3.8) is 0 Å². The maximum atomic E-state index is 12.0. The highest BCUT2D eigenvalue weighted by atomic mass is 35.5. The fourth-order valence-corrected chi connectivity index (χ4v) is 1.69. The van der Waals surface area contributed by atoms with Gasteiger partial charge in [-0.25, -0.2) is 9.97 Å². The molecule has 0 radical (unpaired) electrons. The molecule has 1 aromatic heterocycles. The fourth-order valence-electron chi connectivity index (χ4n) is 1.49. The molecule has 8 heteroatoms. The second-order valence-corrected chi connectivity index (χ2v) is 4.21. The number of nitro groups is 1.